The summed E-state index contributed by atoms with van der Waals surface area (Å²) in [7, 11) is 0. The number of fused-ring (bicyclic) bond motifs is 1. The van der Waals surface area contributed by atoms with Gasteiger partial charge >= 0.3 is 0 Å². The van der Waals surface area contributed by atoms with Crippen LogP contribution in [0.15, 0.2) is 67.0 Å². The topological polar surface area (TPSA) is 33.1 Å². The average Bonchev–Trinajstić information content (AvgIpc) is 2.53. The maximum Gasteiger partial charge on any atom is 0.0799 e. The van der Waals surface area contributed by atoms with Gasteiger partial charge in [-0.15, -0.1) is 0 Å². The SMILES string of the molecule is OC(CCc1ccncc1)c1cccc2ccccc12. The largest absolute Gasteiger partial charge is 0.388 e. The van der Waals surface area contributed by atoms with Gasteiger partial charge in [0.1, 0.15) is 0 Å². The third-order valence-corrected chi connectivity index (χ3v) is 3.64. The zero-order chi connectivity index (χ0) is 13.8. The highest BCUT2D eigenvalue weighted by atomic mass is 16.3. The van der Waals surface area contributed by atoms with E-state index in [-0.39, 0.29) is 0 Å². The van der Waals surface area contributed by atoms with Crippen molar-refractivity contribution in [3.63, 3.8) is 0 Å². The molecule has 0 saturated carbocycles. The number of hydrogen-bond acceptors (Lipinski definition) is 2. The van der Waals surface area contributed by atoms with Crippen LogP contribution in [-0.4, -0.2) is 10.1 Å². The highest BCUT2D eigenvalue weighted by Gasteiger charge is 2.10. The first-order valence-corrected chi connectivity index (χ1v) is 6.89. The molecule has 0 spiro atoms. The molecule has 0 aliphatic heterocycles. The zero-order valence-corrected chi connectivity index (χ0v) is 11.2. The van der Waals surface area contributed by atoms with Crippen molar-refractivity contribution >= 4 is 10.8 Å². The lowest BCUT2D eigenvalue weighted by molar-refractivity contribution is 0.169. The number of hydrogen-bond donors (Lipinski definition) is 1. The van der Waals surface area contributed by atoms with Gasteiger partial charge in [0, 0.05) is 12.4 Å². The lowest BCUT2D eigenvalue weighted by atomic mass is 9.96. The van der Waals surface area contributed by atoms with Crippen molar-refractivity contribution < 1.29 is 5.11 Å². The highest BCUT2D eigenvalue weighted by molar-refractivity contribution is 5.85. The minimum absolute atomic E-state index is 0.436. The fraction of sp³-hybridized carbons (Fsp3) is 0.167. The van der Waals surface area contributed by atoms with Crippen LogP contribution in [0.2, 0.25) is 0 Å². The monoisotopic (exact) mass is 263 g/mol. The van der Waals surface area contributed by atoms with Crippen molar-refractivity contribution in [2.75, 3.05) is 0 Å². The van der Waals surface area contributed by atoms with Crippen LogP contribution in [-0.2, 0) is 6.42 Å². The van der Waals surface area contributed by atoms with E-state index in [4.69, 9.17) is 0 Å². The molecule has 0 aliphatic carbocycles. The Labute approximate surface area is 118 Å². The molecule has 1 heterocycles. The first-order chi connectivity index (χ1) is 9.84. The number of rotatable bonds is 4. The first-order valence-electron chi connectivity index (χ1n) is 6.89. The molecule has 3 aromatic rings. The molecule has 1 aromatic heterocycles. The molecule has 2 heteroatoms. The van der Waals surface area contributed by atoms with Crippen LogP contribution in [0.5, 0.6) is 0 Å². The van der Waals surface area contributed by atoms with Crippen molar-refractivity contribution in [2.24, 2.45) is 0 Å². The Kier molecular flexibility index (Phi) is 3.75. The molecule has 100 valence electrons. The van der Waals surface area contributed by atoms with Gasteiger partial charge in [0.15, 0.2) is 0 Å². The Morgan fingerprint density at radius 3 is 2.50 bits per heavy atom. The van der Waals surface area contributed by atoms with Crippen LogP contribution in [0.1, 0.15) is 23.7 Å². The van der Waals surface area contributed by atoms with Gasteiger partial charge in [-0.2, -0.15) is 0 Å². The summed E-state index contributed by atoms with van der Waals surface area (Å²) in [6.45, 7) is 0. The first kappa shape index (κ1) is 12.8. The van der Waals surface area contributed by atoms with Gasteiger partial charge in [-0.05, 0) is 46.9 Å². The van der Waals surface area contributed by atoms with Crippen LogP contribution in [0.25, 0.3) is 10.8 Å². The minimum Gasteiger partial charge on any atom is -0.388 e. The number of aryl methyl sites for hydroxylation is 1. The quantitative estimate of drug-likeness (QED) is 0.774. The van der Waals surface area contributed by atoms with E-state index in [1.807, 2.05) is 36.4 Å². The minimum atomic E-state index is -0.436. The van der Waals surface area contributed by atoms with E-state index < -0.39 is 6.10 Å². The highest BCUT2D eigenvalue weighted by Crippen LogP contribution is 2.27. The summed E-state index contributed by atoms with van der Waals surface area (Å²) in [5, 5.41) is 12.8. The number of aliphatic hydroxyl groups is 1. The Balaban J connectivity index is 1.80. The van der Waals surface area contributed by atoms with Gasteiger partial charge in [0.05, 0.1) is 6.10 Å². The predicted octanol–water partition coefficient (Wildman–Crippen LogP) is 3.90. The van der Waals surface area contributed by atoms with Crippen LogP contribution in [0.4, 0.5) is 0 Å². The van der Waals surface area contributed by atoms with Crippen molar-refractivity contribution in [1.29, 1.82) is 0 Å². The summed E-state index contributed by atoms with van der Waals surface area (Å²) >= 11 is 0. The third-order valence-electron chi connectivity index (χ3n) is 3.64. The third kappa shape index (κ3) is 2.70. The van der Waals surface area contributed by atoms with Crippen molar-refractivity contribution in [3.8, 4) is 0 Å². The maximum absolute atomic E-state index is 10.5. The lowest BCUT2D eigenvalue weighted by Gasteiger charge is -2.13. The fourth-order valence-corrected chi connectivity index (χ4v) is 2.55. The second kappa shape index (κ2) is 5.85. The molecule has 0 saturated heterocycles. The second-order valence-electron chi connectivity index (χ2n) is 4.98. The Hall–Kier alpha value is -2.19. The van der Waals surface area contributed by atoms with Crippen molar-refractivity contribution in [1.82, 2.24) is 4.98 Å². The normalized spacial score (nSPS) is 12.4. The van der Waals surface area contributed by atoms with Crippen LogP contribution in [0.3, 0.4) is 0 Å². The summed E-state index contributed by atoms with van der Waals surface area (Å²) in [5.41, 5.74) is 2.22. The van der Waals surface area contributed by atoms with E-state index in [1.54, 1.807) is 12.4 Å². The van der Waals surface area contributed by atoms with Gasteiger partial charge < -0.3 is 5.11 Å². The molecule has 3 rings (SSSR count). The van der Waals surface area contributed by atoms with Crippen LogP contribution < -0.4 is 0 Å². The molecule has 1 N–H and O–H groups in total. The van der Waals surface area contributed by atoms with Gasteiger partial charge in [0.25, 0.3) is 0 Å². The summed E-state index contributed by atoms with van der Waals surface area (Å²) < 4.78 is 0. The van der Waals surface area contributed by atoms with Gasteiger partial charge in [-0.3, -0.25) is 4.98 Å². The van der Waals surface area contributed by atoms with Crippen molar-refractivity contribution in [2.45, 2.75) is 18.9 Å². The van der Waals surface area contributed by atoms with Crippen LogP contribution >= 0.6 is 0 Å². The van der Waals surface area contributed by atoms with Gasteiger partial charge in [0.2, 0.25) is 0 Å². The van der Waals surface area contributed by atoms with Gasteiger partial charge in [-0.25, -0.2) is 0 Å². The summed E-state index contributed by atoms with van der Waals surface area (Å²) in [6.07, 6.45) is 4.72. The molecule has 0 amide bonds. The van der Waals surface area contributed by atoms with E-state index >= 15 is 0 Å². The number of nitrogens with zero attached hydrogens (tertiary/aromatic N) is 1. The van der Waals surface area contributed by atoms with E-state index in [1.165, 1.54) is 10.9 Å². The molecule has 20 heavy (non-hydrogen) atoms. The average molecular weight is 263 g/mol. The summed E-state index contributed by atoms with van der Waals surface area (Å²) in [5.74, 6) is 0. The molecular formula is C18H17NO. The molecule has 1 atom stereocenters. The standard InChI is InChI=1S/C18H17NO/c20-18(9-8-14-10-12-19-13-11-14)17-7-3-5-15-4-1-2-6-16(15)17/h1-7,10-13,18,20H,8-9H2. The molecule has 0 radical (unpaired) electrons. The number of benzene rings is 2. The Bertz CT molecular complexity index is 689. The summed E-state index contributed by atoms with van der Waals surface area (Å²) in [4.78, 5) is 4.01. The Morgan fingerprint density at radius 1 is 0.900 bits per heavy atom. The summed E-state index contributed by atoms with van der Waals surface area (Å²) in [6, 6.07) is 18.3. The molecule has 0 bridgehead atoms. The van der Waals surface area contributed by atoms with Crippen LogP contribution in [0, 0.1) is 0 Å². The fourth-order valence-electron chi connectivity index (χ4n) is 2.55. The smallest absolute Gasteiger partial charge is 0.0799 e. The number of pyridine rings is 1. The number of aliphatic hydroxyl groups excluding tert-OH is 1. The van der Waals surface area contributed by atoms with E-state index in [0.717, 1.165) is 23.8 Å². The molecular weight excluding hydrogens is 246 g/mol. The van der Waals surface area contributed by atoms with Crippen molar-refractivity contribution in [3.05, 3.63) is 78.1 Å². The molecule has 1 unspecified atom stereocenters. The molecule has 2 aromatic carbocycles. The van der Waals surface area contributed by atoms with E-state index in [9.17, 15) is 5.11 Å². The lowest BCUT2D eigenvalue weighted by Crippen LogP contribution is -2.00. The van der Waals surface area contributed by atoms with E-state index in [2.05, 4.69) is 23.2 Å². The molecule has 0 fully saturated rings. The molecule has 0 aliphatic rings. The van der Waals surface area contributed by atoms with E-state index in [0.29, 0.717) is 0 Å². The predicted molar refractivity (Wildman–Crippen MR) is 81.5 cm³/mol. The maximum atomic E-state index is 10.5. The van der Waals surface area contributed by atoms with Gasteiger partial charge in [-0.1, -0.05) is 42.5 Å². The number of aromatic nitrogens is 1. The molecule has 2 nitrogen and oxygen atoms in total. The Morgan fingerprint density at radius 2 is 1.65 bits per heavy atom. The zero-order valence-electron chi connectivity index (χ0n) is 11.2. The second-order valence-corrected chi connectivity index (χ2v) is 4.98.